The second-order valence-electron chi connectivity index (χ2n) is 12.0. The number of Topliss-reactive ketones (excluding diaryl/α,β-unsaturated/α-hetero) is 1. The zero-order valence-electron chi connectivity index (χ0n) is 25.4. The molecule has 1 aliphatic carbocycles. The lowest BCUT2D eigenvalue weighted by Crippen LogP contribution is -2.52. The number of carbonyl (C=O) groups is 4. The molecule has 4 aromatic carbocycles. The van der Waals surface area contributed by atoms with Crippen molar-refractivity contribution in [1.82, 2.24) is 4.90 Å². The molecule has 3 aliphatic rings. The Kier molecular flexibility index (Phi) is 7.92. The number of hydrogen-bond donors (Lipinski definition) is 0. The average molecular weight is 634 g/mol. The molecule has 1 atom stereocenters. The van der Waals surface area contributed by atoms with Crippen LogP contribution in [-0.2, 0) is 20.7 Å². The van der Waals surface area contributed by atoms with Crippen molar-refractivity contribution in [1.29, 1.82) is 0 Å². The van der Waals surface area contributed by atoms with Gasteiger partial charge in [-0.15, -0.1) is 0 Å². The Hall–Kier alpha value is -4.79. The summed E-state index contributed by atoms with van der Waals surface area (Å²) in [6.45, 7) is 4.39. The predicted octanol–water partition coefficient (Wildman–Crippen LogP) is 5.71. The Bertz CT molecular complexity index is 1880. The first-order chi connectivity index (χ1) is 22.3. The Morgan fingerprint density at radius 3 is 2.33 bits per heavy atom. The van der Waals surface area contributed by atoms with Gasteiger partial charge in [-0.3, -0.25) is 19.3 Å². The van der Waals surface area contributed by atoms with Crippen LogP contribution in [0.4, 0.5) is 11.4 Å². The van der Waals surface area contributed by atoms with Gasteiger partial charge >= 0.3 is 5.97 Å². The molecule has 0 aromatic heterocycles. The third-order valence-electron chi connectivity index (χ3n) is 9.20. The molecule has 2 amide bonds. The van der Waals surface area contributed by atoms with Crippen LogP contribution in [0.15, 0.2) is 84.9 Å². The number of imide groups is 1. The number of fused-ring (bicyclic) bond motifs is 3. The number of piperazine rings is 1. The van der Waals surface area contributed by atoms with Gasteiger partial charge in [0.15, 0.2) is 12.4 Å². The highest BCUT2D eigenvalue weighted by molar-refractivity contribution is 6.30. The van der Waals surface area contributed by atoms with Crippen molar-refractivity contribution in [3.05, 3.63) is 118 Å². The van der Waals surface area contributed by atoms with Crippen LogP contribution >= 0.6 is 11.6 Å². The van der Waals surface area contributed by atoms with Gasteiger partial charge in [0, 0.05) is 42.5 Å². The number of carbonyl (C=O) groups excluding carboxylic acids is 4. The van der Waals surface area contributed by atoms with Crippen molar-refractivity contribution in [3.63, 3.8) is 0 Å². The van der Waals surface area contributed by atoms with E-state index in [0.717, 1.165) is 41.9 Å². The molecule has 8 nitrogen and oxygen atoms in total. The maximum Gasteiger partial charge on any atom is 0.338 e. The number of halogens is 1. The molecule has 7 rings (SSSR count). The molecule has 46 heavy (non-hydrogen) atoms. The topological polar surface area (TPSA) is 87.2 Å². The first-order valence-corrected chi connectivity index (χ1v) is 15.8. The van der Waals surface area contributed by atoms with E-state index in [-0.39, 0.29) is 36.2 Å². The predicted molar refractivity (Wildman–Crippen MR) is 177 cm³/mol. The average Bonchev–Trinajstić information content (AvgIpc) is 3.60. The summed E-state index contributed by atoms with van der Waals surface area (Å²) >= 11 is 6.22. The zero-order chi connectivity index (χ0) is 31.9. The number of amides is 2. The van der Waals surface area contributed by atoms with Crippen molar-refractivity contribution in [2.75, 3.05) is 42.6 Å². The summed E-state index contributed by atoms with van der Waals surface area (Å²) in [4.78, 5) is 57.6. The molecule has 2 heterocycles. The highest BCUT2D eigenvalue weighted by Gasteiger charge is 2.43. The molecule has 1 unspecified atom stereocenters. The van der Waals surface area contributed by atoms with Gasteiger partial charge in [-0.05, 0) is 83.6 Å². The molecule has 4 aromatic rings. The van der Waals surface area contributed by atoms with E-state index in [4.69, 9.17) is 16.3 Å². The minimum atomic E-state index is -0.654. The largest absolute Gasteiger partial charge is 0.454 e. The standard InChI is InChI=1S/C37H32ClN3O5/c1-23-6-10-28(38)20-32(23)39-14-16-40(17-15-39)33-21-35(43)41(36(33)44)29-11-7-24(8-12-29)37(45)46-22-34(42)26-9-13-31-27(19-26)18-25-4-2-3-5-30(25)31/h2-13,19-20,33H,14-18,21-22H2,1H3. The molecule has 0 N–H and O–H groups in total. The fraction of sp³-hybridized carbons (Fsp3) is 0.243. The number of nitrogens with zero attached hydrogens (tertiary/aromatic N) is 3. The van der Waals surface area contributed by atoms with Gasteiger partial charge in [-0.25, -0.2) is 9.69 Å². The van der Waals surface area contributed by atoms with E-state index in [1.165, 1.54) is 28.2 Å². The number of anilines is 2. The van der Waals surface area contributed by atoms with Gasteiger partial charge in [-0.2, -0.15) is 0 Å². The van der Waals surface area contributed by atoms with Crippen LogP contribution in [0.1, 0.15) is 43.8 Å². The molecule has 0 radical (unpaired) electrons. The number of ketones is 1. The summed E-state index contributed by atoms with van der Waals surface area (Å²) in [6.07, 6.45) is 0.873. The minimum Gasteiger partial charge on any atom is -0.454 e. The highest BCUT2D eigenvalue weighted by Crippen LogP contribution is 2.37. The minimum absolute atomic E-state index is 0.107. The molecule has 9 heteroatoms. The van der Waals surface area contributed by atoms with Gasteiger partial charge in [0.05, 0.1) is 23.7 Å². The summed E-state index contributed by atoms with van der Waals surface area (Å²) in [7, 11) is 0. The third-order valence-corrected chi connectivity index (χ3v) is 9.44. The molecule has 2 saturated heterocycles. The molecule has 2 fully saturated rings. The monoisotopic (exact) mass is 633 g/mol. The molecular weight excluding hydrogens is 602 g/mol. The number of esters is 1. The highest BCUT2D eigenvalue weighted by atomic mass is 35.5. The van der Waals surface area contributed by atoms with Crippen LogP contribution in [0.3, 0.4) is 0 Å². The van der Waals surface area contributed by atoms with E-state index in [9.17, 15) is 19.2 Å². The lowest BCUT2D eigenvalue weighted by Gasteiger charge is -2.38. The maximum atomic E-state index is 13.4. The Morgan fingerprint density at radius 2 is 1.54 bits per heavy atom. The second-order valence-corrected chi connectivity index (χ2v) is 12.4. The number of aryl methyl sites for hydroxylation is 1. The van der Waals surface area contributed by atoms with E-state index in [0.29, 0.717) is 29.4 Å². The number of ether oxygens (including phenoxy) is 1. The SMILES string of the molecule is Cc1ccc(Cl)cc1N1CCN(C2CC(=O)N(c3ccc(C(=O)OCC(=O)c4ccc5c(c4)Cc4ccccc4-5)cc3)C2=O)CC1. The summed E-state index contributed by atoms with van der Waals surface area (Å²) in [5, 5.41) is 0.685. The number of hydrogen-bond acceptors (Lipinski definition) is 7. The van der Waals surface area contributed by atoms with Crippen molar-refractivity contribution in [2.45, 2.75) is 25.8 Å². The van der Waals surface area contributed by atoms with Crippen LogP contribution in [0.5, 0.6) is 0 Å². The number of rotatable bonds is 7. The lowest BCUT2D eigenvalue weighted by atomic mass is 10.0. The lowest BCUT2D eigenvalue weighted by molar-refractivity contribution is -0.123. The quantitative estimate of drug-likeness (QED) is 0.129. The summed E-state index contributed by atoms with van der Waals surface area (Å²) < 4.78 is 5.33. The van der Waals surface area contributed by atoms with Gasteiger partial charge in [-0.1, -0.05) is 54.1 Å². The Morgan fingerprint density at radius 1 is 0.826 bits per heavy atom. The molecule has 0 spiro atoms. The first-order valence-electron chi connectivity index (χ1n) is 15.4. The van der Waals surface area contributed by atoms with E-state index < -0.39 is 12.0 Å². The van der Waals surface area contributed by atoms with Gasteiger partial charge in [0.25, 0.3) is 5.91 Å². The van der Waals surface area contributed by atoms with Crippen LogP contribution in [0.2, 0.25) is 5.02 Å². The fourth-order valence-corrected chi connectivity index (χ4v) is 6.90. The summed E-state index contributed by atoms with van der Waals surface area (Å²) in [5.74, 6) is -1.48. The van der Waals surface area contributed by atoms with Crippen LogP contribution in [-0.4, -0.2) is 67.3 Å². The number of benzene rings is 4. The Balaban J connectivity index is 0.943. The van der Waals surface area contributed by atoms with Crippen LogP contribution in [0.25, 0.3) is 11.1 Å². The molecule has 232 valence electrons. The maximum absolute atomic E-state index is 13.4. The smallest absolute Gasteiger partial charge is 0.338 e. The van der Waals surface area contributed by atoms with Crippen molar-refractivity contribution in [2.24, 2.45) is 0 Å². The van der Waals surface area contributed by atoms with E-state index in [1.807, 2.05) is 49.4 Å². The van der Waals surface area contributed by atoms with Crippen molar-refractivity contribution < 1.29 is 23.9 Å². The van der Waals surface area contributed by atoms with E-state index in [1.54, 1.807) is 18.2 Å². The normalized spacial score (nSPS) is 17.7. The van der Waals surface area contributed by atoms with E-state index in [2.05, 4.69) is 21.9 Å². The molecular formula is C37H32ClN3O5. The van der Waals surface area contributed by atoms with Crippen LogP contribution < -0.4 is 9.80 Å². The first kappa shape index (κ1) is 29.9. The fourth-order valence-electron chi connectivity index (χ4n) is 6.73. The Labute approximate surface area is 272 Å². The zero-order valence-corrected chi connectivity index (χ0v) is 26.1. The third kappa shape index (κ3) is 5.59. The van der Waals surface area contributed by atoms with Gasteiger partial charge in [0.1, 0.15) is 0 Å². The van der Waals surface area contributed by atoms with Crippen molar-refractivity contribution in [3.8, 4) is 11.1 Å². The molecule has 0 bridgehead atoms. The van der Waals surface area contributed by atoms with Gasteiger partial charge in [0.2, 0.25) is 5.91 Å². The van der Waals surface area contributed by atoms with Gasteiger partial charge < -0.3 is 9.64 Å². The van der Waals surface area contributed by atoms with Crippen LogP contribution in [0, 0.1) is 6.92 Å². The molecule has 0 saturated carbocycles. The second kappa shape index (κ2) is 12.2. The van der Waals surface area contributed by atoms with Crippen molar-refractivity contribution >= 4 is 46.5 Å². The summed E-state index contributed by atoms with van der Waals surface area (Å²) in [5.41, 5.74) is 7.96. The summed E-state index contributed by atoms with van der Waals surface area (Å²) in [6, 6.07) is 25.2. The van der Waals surface area contributed by atoms with E-state index >= 15 is 0 Å². The molecule has 2 aliphatic heterocycles.